The Balaban J connectivity index is 0.000000628. The van der Waals surface area contributed by atoms with Gasteiger partial charge in [-0.3, -0.25) is 9.36 Å². The van der Waals surface area contributed by atoms with Crippen LogP contribution in [0.5, 0.6) is 0 Å². The number of halogens is 4. The van der Waals surface area contributed by atoms with Gasteiger partial charge in [-0.2, -0.15) is 13.2 Å². The van der Waals surface area contributed by atoms with Crippen LogP contribution in [-0.4, -0.2) is 31.4 Å². The van der Waals surface area contributed by atoms with Gasteiger partial charge in [-0.05, 0) is 37.3 Å². The van der Waals surface area contributed by atoms with Crippen molar-refractivity contribution in [3.8, 4) is 5.69 Å². The first-order chi connectivity index (χ1) is 14.5. The van der Waals surface area contributed by atoms with Crippen molar-refractivity contribution in [3.05, 3.63) is 82.7 Å². The van der Waals surface area contributed by atoms with E-state index in [0.29, 0.717) is 11.4 Å². The molecule has 4 rings (SSSR count). The predicted molar refractivity (Wildman–Crippen MR) is 104 cm³/mol. The van der Waals surface area contributed by atoms with Crippen LogP contribution in [0.1, 0.15) is 41.4 Å². The number of hydrogen-bond acceptors (Lipinski definition) is 4. The van der Waals surface area contributed by atoms with E-state index in [1.54, 1.807) is 19.2 Å². The summed E-state index contributed by atoms with van der Waals surface area (Å²) < 4.78 is 55.6. The Kier molecular flexibility index (Phi) is 5.94. The second-order valence-electron chi connectivity index (χ2n) is 6.69. The number of aliphatic hydroxyl groups excluding tert-OH is 1. The number of nitrogens with zero attached hydrogens (tertiary/aromatic N) is 3. The number of fused-ring (bicyclic) bond motifs is 3. The van der Waals surface area contributed by atoms with Gasteiger partial charge in [0, 0.05) is 24.2 Å². The Labute approximate surface area is 174 Å². The lowest BCUT2D eigenvalue weighted by atomic mass is 9.97. The van der Waals surface area contributed by atoms with Crippen molar-refractivity contribution >= 4 is 11.7 Å². The Hall–Kier alpha value is -3.53. The first kappa shape index (κ1) is 22.2. The largest absolute Gasteiger partial charge is 0.481 e. The fourth-order valence-electron chi connectivity index (χ4n) is 3.12. The van der Waals surface area contributed by atoms with E-state index in [2.05, 4.69) is 9.98 Å². The molecule has 3 aromatic rings. The molecule has 0 amide bonds. The monoisotopic (exact) mass is 435 g/mol. The Morgan fingerprint density at radius 1 is 1.13 bits per heavy atom. The van der Waals surface area contributed by atoms with Gasteiger partial charge in [0.25, 0.3) is 5.97 Å². The molecule has 0 saturated carbocycles. The molecule has 1 aliphatic heterocycles. The van der Waals surface area contributed by atoms with E-state index in [1.165, 1.54) is 28.8 Å². The lowest BCUT2D eigenvalue weighted by Gasteiger charge is -2.15. The quantitative estimate of drug-likeness (QED) is 0.559. The smallest absolute Gasteiger partial charge is 0.416 e. The molecule has 162 valence electrons. The molecule has 0 radical (unpaired) electrons. The maximum atomic E-state index is 14.4. The molecule has 1 unspecified atom stereocenters. The molecule has 2 aromatic carbocycles. The molecule has 1 aliphatic rings. The summed E-state index contributed by atoms with van der Waals surface area (Å²) in [5, 5.41) is 17.9. The Bertz CT molecular complexity index is 1160. The summed E-state index contributed by atoms with van der Waals surface area (Å²) in [5.74, 6) is -1.33. The van der Waals surface area contributed by atoms with Crippen molar-refractivity contribution in [2.45, 2.75) is 26.3 Å². The van der Waals surface area contributed by atoms with Gasteiger partial charge >= 0.3 is 6.18 Å². The minimum absolute atomic E-state index is 0.000371. The molecule has 1 aromatic heterocycles. The summed E-state index contributed by atoms with van der Waals surface area (Å²) >= 11 is 0. The van der Waals surface area contributed by atoms with Gasteiger partial charge in [-0.15, -0.1) is 0 Å². The van der Waals surface area contributed by atoms with Crippen molar-refractivity contribution in [1.82, 2.24) is 9.55 Å². The van der Waals surface area contributed by atoms with Crippen molar-refractivity contribution < 1.29 is 32.6 Å². The fourth-order valence-corrected chi connectivity index (χ4v) is 3.12. The van der Waals surface area contributed by atoms with E-state index in [0.717, 1.165) is 19.1 Å². The first-order valence-electron chi connectivity index (χ1n) is 8.97. The topological polar surface area (TPSA) is 87.7 Å². The molecule has 6 nitrogen and oxygen atoms in total. The van der Waals surface area contributed by atoms with E-state index in [-0.39, 0.29) is 22.7 Å². The van der Waals surface area contributed by atoms with E-state index >= 15 is 0 Å². The van der Waals surface area contributed by atoms with E-state index in [1.807, 2.05) is 0 Å². The van der Waals surface area contributed by atoms with Gasteiger partial charge in [-0.25, -0.2) is 14.4 Å². The van der Waals surface area contributed by atoms with Crippen LogP contribution in [0.15, 0.2) is 53.7 Å². The summed E-state index contributed by atoms with van der Waals surface area (Å²) in [6.07, 6.45) is -4.44. The number of carbonyl (C=O) groups is 1. The van der Waals surface area contributed by atoms with E-state index in [4.69, 9.17) is 9.90 Å². The first-order valence-corrected chi connectivity index (χ1v) is 8.97. The molecule has 0 aliphatic carbocycles. The lowest BCUT2D eigenvalue weighted by molar-refractivity contribution is -0.137. The maximum Gasteiger partial charge on any atom is 0.416 e. The number of aliphatic hydroxyl groups is 1. The number of imidazole rings is 1. The van der Waals surface area contributed by atoms with Gasteiger partial charge in [0.2, 0.25) is 6.23 Å². The third-order valence-electron chi connectivity index (χ3n) is 4.30. The van der Waals surface area contributed by atoms with Crippen LogP contribution in [0.3, 0.4) is 0 Å². The average molecular weight is 435 g/mol. The number of aliphatic carboxylic acids is 1. The third-order valence-corrected chi connectivity index (χ3v) is 4.30. The highest BCUT2D eigenvalue weighted by atomic mass is 19.4. The number of aryl methyl sites for hydroxylation is 1. The third kappa shape index (κ3) is 4.64. The standard InChI is InChI=1S/C19H13F4N3O.C2H4O2/c1-10-9-26-15-7-6-11(19(21,22)23)8-13(15)16(25-18(27)17(26)24-10)12-4-2-3-5-14(12)20;1-2(3)4/h2-9,18,27H,1H3;1H3,(H,3,4). The minimum atomic E-state index is -4.58. The number of aromatic nitrogens is 2. The molecule has 0 fully saturated rings. The van der Waals surface area contributed by atoms with Crippen LogP contribution in [-0.2, 0) is 11.0 Å². The predicted octanol–water partition coefficient (Wildman–Crippen LogP) is 4.27. The van der Waals surface area contributed by atoms with Crippen molar-refractivity contribution in [1.29, 1.82) is 0 Å². The van der Waals surface area contributed by atoms with Crippen molar-refractivity contribution in [3.63, 3.8) is 0 Å². The second kappa shape index (κ2) is 8.31. The zero-order valence-electron chi connectivity index (χ0n) is 16.4. The van der Waals surface area contributed by atoms with Gasteiger partial charge < -0.3 is 10.2 Å². The molecular weight excluding hydrogens is 418 g/mol. The van der Waals surface area contributed by atoms with Crippen LogP contribution in [0, 0.1) is 12.7 Å². The van der Waals surface area contributed by atoms with E-state index < -0.39 is 29.8 Å². The van der Waals surface area contributed by atoms with Gasteiger partial charge in [-0.1, -0.05) is 12.1 Å². The molecule has 2 heterocycles. The number of rotatable bonds is 1. The minimum Gasteiger partial charge on any atom is -0.481 e. The van der Waals surface area contributed by atoms with Crippen molar-refractivity contribution in [2.24, 2.45) is 4.99 Å². The second-order valence-corrected chi connectivity index (χ2v) is 6.69. The molecule has 31 heavy (non-hydrogen) atoms. The van der Waals surface area contributed by atoms with Crippen LogP contribution < -0.4 is 0 Å². The Morgan fingerprint density at radius 3 is 2.39 bits per heavy atom. The van der Waals surface area contributed by atoms with Crippen molar-refractivity contribution in [2.75, 3.05) is 0 Å². The highest BCUT2D eigenvalue weighted by Gasteiger charge is 2.33. The van der Waals surface area contributed by atoms with Gasteiger partial charge in [0.15, 0.2) is 5.82 Å². The van der Waals surface area contributed by atoms with E-state index in [9.17, 15) is 22.7 Å². The zero-order chi connectivity index (χ0) is 22.9. The zero-order valence-corrected chi connectivity index (χ0v) is 16.4. The number of carboxylic acid groups (broad SMARTS) is 1. The SMILES string of the molecule is CC(=O)O.Cc1cn2c(n1)C(O)N=C(c1ccccc1F)c1cc(C(F)(F)F)ccc1-2. The van der Waals surface area contributed by atoms with Gasteiger partial charge in [0.05, 0.1) is 22.7 Å². The molecule has 2 N–H and O–H groups in total. The number of benzene rings is 2. The summed E-state index contributed by atoms with van der Waals surface area (Å²) in [5.41, 5.74) is 0.00577. The Morgan fingerprint density at radius 2 is 1.77 bits per heavy atom. The maximum absolute atomic E-state index is 14.4. The number of alkyl halides is 3. The number of carboxylic acids is 1. The number of aliphatic imine (C=N–C) groups is 1. The highest BCUT2D eigenvalue weighted by Crippen LogP contribution is 2.35. The molecule has 1 atom stereocenters. The molecule has 10 heteroatoms. The molecule has 0 spiro atoms. The molecule has 0 saturated heterocycles. The van der Waals surface area contributed by atoms with Gasteiger partial charge in [0.1, 0.15) is 5.82 Å². The summed E-state index contributed by atoms with van der Waals surface area (Å²) in [6, 6.07) is 8.74. The normalized spacial score (nSPS) is 15.1. The van der Waals surface area contributed by atoms with Crippen LogP contribution in [0.2, 0.25) is 0 Å². The lowest BCUT2D eigenvalue weighted by Crippen LogP contribution is -2.12. The van der Waals surface area contributed by atoms with Crippen LogP contribution in [0.25, 0.3) is 5.69 Å². The van der Waals surface area contributed by atoms with Crippen LogP contribution in [0.4, 0.5) is 17.6 Å². The summed E-state index contributed by atoms with van der Waals surface area (Å²) in [4.78, 5) is 17.3. The number of hydrogen-bond donors (Lipinski definition) is 2. The summed E-state index contributed by atoms with van der Waals surface area (Å²) in [7, 11) is 0. The summed E-state index contributed by atoms with van der Waals surface area (Å²) in [6.45, 7) is 2.78. The fraction of sp³-hybridized carbons (Fsp3) is 0.190. The highest BCUT2D eigenvalue weighted by molar-refractivity contribution is 6.15. The molecule has 0 bridgehead atoms. The molecular formula is C21H17F4N3O3. The average Bonchev–Trinajstić information content (AvgIpc) is 3.02. The van der Waals surface area contributed by atoms with Crippen LogP contribution >= 0.6 is 0 Å².